The molecule has 3 rings (SSSR count). The first kappa shape index (κ1) is 15.6. The van der Waals surface area contributed by atoms with Gasteiger partial charge in [0.05, 0.1) is 26.9 Å². The zero-order chi connectivity index (χ0) is 15.9. The second-order valence-corrected chi connectivity index (χ2v) is 5.89. The maximum atomic E-state index is 11.0. The fourth-order valence-corrected chi connectivity index (χ4v) is 3.42. The van der Waals surface area contributed by atoms with Gasteiger partial charge in [0.1, 0.15) is 23.2 Å². The first-order chi connectivity index (χ1) is 10.5. The highest BCUT2D eigenvalue weighted by molar-refractivity contribution is 5.52. The summed E-state index contributed by atoms with van der Waals surface area (Å²) in [5.41, 5.74) is 0.237. The molecule has 1 heterocycles. The summed E-state index contributed by atoms with van der Waals surface area (Å²) in [6, 6.07) is 3.55. The molecule has 6 heteroatoms. The molecule has 0 bridgehead atoms. The van der Waals surface area contributed by atoms with Gasteiger partial charge in [0.15, 0.2) is 6.29 Å². The van der Waals surface area contributed by atoms with Crippen LogP contribution in [-0.4, -0.2) is 49.0 Å². The molecule has 0 saturated carbocycles. The van der Waals surface area contributed by atoms with Crippen molar-refractivity contribution in [3.63, 3.8) is 0 Å². The van der Waals surface area contributed by atoms with Crippen LogP contribution in [0.25, 0.3) is 0 Å². The van der Waals surface area contributed by atoms with Crippen molar-refractivity contribution in [1.29, 1.82) is 0 Å². The van der Waals surface area contributed by atoms with Crippen LogP contribution < -0.4 is 9.47 Å². The fraction of sp³-hybridized carbons (Fsp3) is 0.625. The van der Waals surface area contributed by atoms with Gasteiger partial charge >= 0.3 is 0 Å². The molecule has 0 aromatic heterocycles. The van der Waals surface area contributed by atoms with Crippen molar-refractivity contribution in [2.24, 2.45) is 0 Å². The number of aliphatic hydroxyl groups excluding tert-OH is 1. The van der Waals surface area contributed by atoms with E-state index in [1.807, 2.05) is 0 Å². The highest BCUT2D eigenvalue weighted by Crippen LogP contribution is 2.46. The normalized spacial score (nSPS) is 34.3. The second-order valence-electron chi connectivity index (χ2n) is 5.89. The molecule has 1 aliphatic carbocycles. The van der Waals surface area contributed by atoms with Gasteiger partial charge in [0, 0.05) is 24.0 Å². The van der Waals surface area contributed by atoms with E-state index in [1.165, 1.54) is 0 Å². The van der Waals surface area contributed by atoms with Crippen molar-refractivity contribution in [2.75, 3.05) is 20.8 Å². The predicted molar refractivity (Wildman–Crippen MR) is 78.1 cm³/mol. The summed E-state index contributed by atoms with van der Waals surface area (Å²) < 4.78 is 21.8. The zero-order valence-electron chi connectivity index (χ0n) is 13.0. The average Bonchev–Trinajstić information content (AvgIpc) is 2.93. The van der Waals surface area contributed by atoms with Gasteiger partial charge in [0.2, 0.25) is 0 Å². The smallest absolute Gasteiger partial charge is 0.155 e. The molecule has 2 unspecified atom stereocenters. The standard InChI is InChI=1S/C16H22O6/c1-9-21-8-14(22-9)16(18)6-10-12(19-2)4-5-13(20-3)15(10)11(17)7-16/h4-5,9,11,14,17-18H,6-8H2,1-3H3/t9-,11?,14-,16?/m1/s1. The third-order valence-corrected chi connectivity index (χ3v) is 4.51. The van der Waals surface area contributed by atoms with Gasteiger partial charge < -0.3 is 29.2 Å². The van der Waals surface area contributed by atoms with E-state index < -0.39 is 17.8 Å². The SMILES string of the molecule is COc1ccc(OC)c2c1CC(O)([C@H]1CO[C@@H](C)O1)CC2O. The minimum absolute atomic E-state index is 0.171. The minimum Gasteiger partial charge on any atom is -0.496 e. The van der Waals surface area contributed by atoms with E-state index in [0.717, 1.165) is 5.56 Å². The molecule has 4 atom stereocenters. The molecule has 122 valence electrons. The molecule has 0 radical (unpaired) electrons. The van der Waals surface area contributed by atoms with E-state index in [1.54, 1.807) is 33.3 Å². The Kier molecular flexibility index (Phi) is 4.03. The summed E-state index contributed by atoms with van der Waals surface area (Å²) in [4.78, 5) is 0. The average molecular weight is 310 g/mol. The Morgan fingerprint density at radius 2 is 1.91 bits per heavy atom. The summed E-state index contributed by atoms with van der Waals surface area (Å²) >= 11 is 0. The number of ether oxygens (including phenoxy) is 4. The van der Waals surface area contributed by atoms with Gasteiger partial charge in [0.25, 0.3) is 0 Å². The van der Waals surface area contributed by atoms with Crippen LogP contribution in [0.5, 0.6) is 11.5 Å². The van der Waals surface area contributed by atoms with Crippen molar-refractivity contribution < 1.29 is 29.2 Å². The van der Waals surface area contributed by atoms with Crippen LogP contribution >= 0.6 is 0 Å². The van der Waals surface area contributed by atoms with Gasteiger partial charge in [-0.25, -0.2) is 0 Å². The largest absolute Gasteiger partial charge is 0.496 e. The van der Waals surface area contributed by atoms with Crippen molar-refractivity contribution in [3.8, 4) is 11.5 Å². The lowest BCUT2D eigenvalue weighted by Gasteiger charge is -2.40. The Morgan fingerprint density at radius 1 is 1.23 bits per heavy atom. The van der Waals surface area contributed by atoms with Crippen LogP contribution in [0.1, 0.15) is 30.6 Å². The van der Waals surface area contributed by atoms with Gasteiger partial charge in [-0.05, 0) is 19.1 Å². The predicted octanol–water partition coefficient (Wildman–Crippen LogP) is 1.18. The van der Waals surface area contributed by atoms with Crippen LogP contribution in [0.4, 0.5) is 0 Å². The molecule has 1 fully saturated rings. The zero-order valence-corrected chi connectivity index (χ0v) is 13.0. The Hall–Kier alpha value is -1.34. The number of benzene rings is 1. The number of hydrogen-bond acceptors (Lipinski definition) is 6. The highest BCUT2D eigenvalue weighted by Gasteiger charge is 2.48. The van der Waals surface area contributed by atoms with Gasteiger partial charge in [-0.15, -0.1) is 0 Å². The molecule has 1 aliphatic heterocycles. The number of aliphatic hydroxyl groups is 2. The van der Waals surface area contributed by atoms with E-state index in [4.69, 9.17) is 18.9 Å². The first-order valence-electron chi connectivity index (χ1n) is 7.39. The summed E-state index contributed by atoms with van der Waals surface area (Å²) in [5.74, 6) is 1.22. The van der Waals surface area contributed by atoms with Crippen LogP contribution in [0.15, 0.2) is 12.1 Å². The number of rotatable bonds is 3. The molecule has 2 aliphatic rings. The van der Waals surface area contributed by atoms with E-state index in [9.17, 15) is 10.2 Å². The Morgan fingerprint density at radius 3 is 2.50 bits per heavy atom. The molecule has 1 aromatic carbocycles. The monoisotopic (exact) mass is 310 g/mol. The van der Waals surface area contributed by atoms with Crippen molar-refractivity contribution >= 4 is 0 Å². The lowest BCUT2D eigenvalue weighted by Crippen LogP contribution is -2.49. The molecule has 1 saturated heterocycles. The summed E-state index contributed by atoms with van der Waals surface area (Å²) in [7, 11) is 3.13. The number of methoxy groups -OCH3 is 2. The summed E-state index contributed by atoms with van der Waals surface area (Å²) in [5, 5.41) is 21.6. The summed E-state index contributed by atoms with van der Waals surface area (Å²) in [6.07, 6.45) is -1.18. The molecule has 2 N–H and O–H groups in total. The maximum Gasteiger partial charge on any atom is 0.155 e. The Balaban J connectivity index is 2.01. The van der Waals surface area contributed by atoms with Gasteiger partial charge in [-0.2, -0.15) is 0 Å². The summed E-state index contributed by atoms with van der Waals surface area (Å²) in [6.45, 7) is 2.10. The topological polar surface area (TPSA) is 77.4 Å². The second kappa shape index (κ2) is 5.70. The number of fused-ring (bicyclic) bond motifs is 1. The molecule has 0 spiro atoms. The third kappa shape index (κ3) is 2.46. The van der Waals surface area contributed by atoms with E-state index >= 15 is 0 Å². The third-order valence-electron chi connectivity index (χ3n) is 4.51. The maximum absolute atomic E-state index is 11.0. The van der Waals surface area contributed by atoms with Crippen LogP contribution in [0.3, 0.4) is 0 Å². The molecular weight excluding hydrogens is 288 g/mol. The lowest BCUT2D eigenvalue weighted by molar-refractivity contribution is -0.131. The van der Waals surface area contributed by atoms with E-state index in [-0.39, 0.29) is 12.7 Å². The Bertz CT molecular complexity index is 560. The van der Waals surface area contributed by atoms with Crippen LogP contribution in [0.2, 0.25) is 0 Å². The van der Waals surface area contributed by atoms with Crippen LogP contribution in [-0.2, 0) is 15.9 Å². The molecular formula is C16H22O6. The molecule has 0 amide bonds. The van der Waals surface area contributed by atoms with Crippen LogP contribution in [0, 0.1) is 0 Å². The lowest BCUT2D eigenvalue weighted by atomic mass is 9.75. The highest BCUT2D eigenvalue weighted by atomic mass is 16.7. The molecule has 6 nitrogen and oxygen atoms in total. The number of hydrogen-bond donors (Lipinski definition) is 2. The molecule has 1 aromatic rings. The van der Waals surface area contributed by atoms with Crippen molar-refractivity contribution in [3.05, 3.63) is 23.3 Å². The van der Waals surface area contributed by atoms with E-state index in [2.05, 4.69) is 0 Å². The minimum atomic E-state index is -1.20. The van der Waals surface area contributed by atoms with E-state index in [0.29, 0.717) is 30.1 Å². The van der Waals surface area contributed by atoms with Crippen molar-refractivity contribution in [1.82, 2.24) is 0 Å². The van der Waals surface area contributed by atoms with Crippen molar-refractivity contribution in [2.45, 2.75) is 43.9 Å². The first-order valence-corrected chi connectivity index (χ1v) is 7.39. The quantitative estimate of drug-likeness (QED) is 0.873. The van der Waals surface area contributed by atoms with Gasteiger partial charge in [-0.3, -0.25) is 0 Å². The van der Waals surface area contributed by atoms with Gasteiger partial charge in [-0.1, -0.05) is 0 Å². The fourth-order valence-electron chi connectivity index (χ4n) is 3.42. The Labute approximate surface area is 129 Å². The molecule has 22 heavy (non-hydrogen) atoms.